The smallest absolute Gasteiger partial charge is 0.149 e. The molecule has 0 aliphatic heterocycles. The second-order valence-corrected chi connectivity index (χ2v) is 5.98. The standard InChI is InChI=1S/C10H16ClNO/c1-8(2)7-4-5-9(3,6-7)10(8,11)12-13/h7H,4-6H2,1-3H3/t7-,9+,10?/m0/s1. The van der Waals surface area contributed by atoms with Crippen molar-refractivity contribution in [3.8, 4) is 0 Å². The highest BCUT2D eigenvalue weighted by Crippen LogP contribution is 2.71. The van der Waals surface area contributed by atoms with E-state index in [0.29, 0.717) is 5.92 Å². The van der Waals surface area contributed by atoms with Crippen molar-refractivity contribution in [3.63, 3.8) is 0 Å². The zero-order valence-electron chi connectivity index (χ0n) is 8.43. The van der Waals surface area contributed by atoms with Crippen LogP contribution >= 0.6 is 11.6 Å². The van der Waals surface area contributed by atoms with E-state index in [9.17, 15) is 4.91 Å². The Kier molecular flexibility index (Phi) is 1.65. The Morgan fingerprint density at radius 2 is 2.00 bits per heavy atom. The molecule has 2 saturated carbocycles. The van der Waals surface area contributed by atoms with Gasteiger partial charge in [0, 0.05) is 10.8 Å². The van der Waals surface area contributed by atoms with Gasteiger partial charge in [-0.05, 0) is 30.4 Å². The molecule has 13 heavy (non-hydrogen) atoms. The van der Waals surface area contributed by atoms with Crippen LogP contribution in [0, 0.1) is 21.7 Å². The molecule has 0 heterocycles. The number of rotatable bonds is 1. The topological polar surface area (TPSA) is 29.4 Å². The summed E-state index contributed by atoms with van der Waals surface area (Å²) in [4.78, 5) is 10.1. The number of hydrogen-bond donors (Lipinski definition) is 0. The lowest BCUT2D eigenvalue weighted by Crippen LogP contribution is -2.47. The molecule has 2 fully saturated rings. The van der Waals surface area contributed by atoms with E-state index >= 15 is 0 Å². The molecule has 0 amide bonds. The molecule has 0 N–H and O–H groups in total. The summed E-state index contributed by atoms with van der Waals surface area (Å²) in [6.45, 7) is 6.27. The van der Waals surface area contributed by atoms with Crippen molar-refractivity contribution in [1.29, 1.82) is 0 Å². The fraction of sp³-hybridized carbons (Fsp3) is 1.00. The molecule has 2 rings (SSSR count). The van der Waals surface area contributed by atoms with Gasteiger partial charge in [0.2, 0.25) is 0 Å². The molecular formula is C10H16ClNO. The number of halogens is 1. The Labute approximate surface area is 84.0 Å². The lowest BCUT2D eigenvalue weighted by Gasteiger charge is -2.44. The molecule has 1 unspecified atom stereocenters. The first-order valence-corrected chi connectivity index (χ1v) is 5.29. The molecule has 0 radical (unpaired) electrons. The summed E-state index contributed by atoms with van der Waals surface area (Å²) in [5, 5.41) is 3.24. The van der Waals surface area contributed by atoms with Gasteiger partial charge < -0.3 is 0 Å². The molecule has 0 aromatic carbocycles. The number of nitrogens with zero attached hydrogens (tertiary/aromatic N) is 1. The maximum Gasteiger partial charge on any atom is 0.186 e. The second kappa shape index (κ2) is 2.28. The Bertz CT molecular complexity index is 259. The predicted molar refractivity (Wildman–Crippen MR) is 53.6 cm³/mol. The van der Waals surface area contributed by atoms with E-state index in [1.165, 1.54) is 6.42 Å². The van der Waals surface area contributed by atoms with Gasteiger partial charge in [-0.2, -0.15) is 0 Å². The normalized spacial score (nSPS) is 52.5. The molecular weight excluding hydrogens is 186 g/mol. The summed E-state index contributed by atoms with van der Waals surface area (Å²) < 4.78 is 0. The van der Waals surface area contributed by atoms with Gasteiger partial charge in [-0.1, -0.05) is 32.4 Å². The quantitative estimate of drug-likeness (QED) is 0.363. The fourth-order valence-corrected chi connectivity index (χ4v) is 3.76. The van der Waals surface area contributed by atoms with Gasteiger partial charge in [0.25, 0.3) is 0 Å². The molecule has 74 valence electrons. The average molecular weight is 202 g/mol. The van der Waals surface area contributed by atoms with Gasteiger partial charge >= 0.3 is 0 Å². The largest absolute Gasteiger partial charge is 0.186 e. The van der Waals surface area contributed by atoms with Crippen LogP contribution < -0.4 is 0 Å². The minimum absolute atomic E-state index is 0.0650. The first-order chi connectivity index (χ1) is 5.87. The third kappa shape index (κ3) is 0.810. The van der Waals surface area contributed by atoms with Gasteiger partial charge in [0.15, 0.2) is 5.00 Å². The van der Waals surface area contributed by atoms with Crippen molar-refractivity contribution in [2.24, 2.45) is 21.9 Å². The summed E-state index contributed by atoms with van der Waals surface area (Å²) in [6, 6.07) is 0. The molecule has 2 aliphatic rings. The van der Waals surface area contributed by atoms with Crippen LogP contribution in [0.1, 0.15) is 40.0 Å². The Morgan fingerprint density at radius 1 is 1.38 bits per heavy atom. The van der Waals surface area contributed by atoms with Crippen LogP contribution in [-0.4, -0.2) is 5.00 Å². The molecule has 2 bridgehead atoms. The van der Waals surface area contributed by atoms with Crippen molar-refractivity contribution in [2.45, 2.75) is 45.0 Å². The maximum atomic E-state index is 11.0. The van der Waals surface area contributed by atoms with E-state index in [1.54, 1.807) is 0 Å². The van der Waals surface area contributed by atoms with Gasteiger partial charge in [-0.15, -0.1) is 4.91 Å². The Morgan fingerprint density at radius 3 is 2.31 bits per heavy atom. The number of hydrogen-bond acceptors (Lipinski definition) is 2. The Balaban J connectivity index is 2.51. The zero-order valence-corrected chi connectivity index (χ0v) is 9.19. The van der Waals surface area contributed by atoms with Gasteiger partial charge in [-0.3, -0.25) is 0 Å². The highest BCUT2D eigenvalue weighted by atomic mass is 35.5. The minimum Gasteiger partial charge on any atom is -0.149 e. The van der Waals surface area contributed by atoms with E-state index in [1.807, 2.05) is 0 Å². The SMILES string of the molecule is CC1(C)[C@H]2CC[C@](C)(C2)C1(Cl)N=O. The highest BCUT2D eigenvalue weighted by molar-refractivity contribution is 6.25. The van der Waals surface area contributed by atoms with Crippen LogP contribution in [0.3, 0.4) is 0 Å². The third-order valence-electron chi connectivity index (χ3n) is 4.54. The molecule has 0 spiro atoms. The Hall–Kier alpha value is -0.110. The summed E-state index contributed by atoms with van der Waals surface area (Å²) in [5.74, 6) is 0.577. The van der Waals surface area contributed by atoms with E-state index in [-0.39, 0.29) is 10.8 Å². The molecule has 0 saturated heterocycles. The number of nitroso groups, excluding NO2 is 1. The van der Waals surface area contributed by atoms with E-state index in [4.69, 9.17) is 11.6 Å². The summed E-state index contributed by atoms with van der Waals surface area (Å²) in [7, 11) is 0. The van der Waals surface area contributed by atoms with Crippen LogP contribution in [0.2, 0.25) is 0 Å². The van der Waals surface area contributed by atoms with E-state index in [0.717, 1.165) is 12.8 Å². The lowest BCUT2D eigenvalue weighted by atomic mass is 9.68. The van der Waals surface area contributed by atoms with Crippen LogP contribution in [0.5, 0.6) is 0 Å². The first-order valence-electron chi connectivity index (χ1n) is 4.91. The first kappa shape index (κ1) is 9.45. The van der Waals surface area contributed by atoms with Crippen LogP contribution in [0.25, 0.3) is 0 Å². The molecule has 3 heteroatoms. The fourth-order valence-electron chi connectivity index (χ4n) is 3.43. The predicted octanol–water partition coefficient (Wildman–Crippen LogP) is 3.53. The van der Waals surface area contributed by atoms with Crippen LogP contribution in [-0.2, 0) is 0 Å². The third-order valence-corrected chi connectivity index (χ3v) is 5.55. The van der Waals surface area contributed by atoms with E-state index in [2.05, 4.69) is 25.9 Å². The average Bonchev–Trinajstić information content (AvgIpc) is 2.51. The summed E-state index contributed by atoms with van der Waals surface area (Å²) in [5.41, 5.74) is -0.201. The van der Waals surface area contributed by atoms with Gasteiger partial charge in [-0.25, -0.2) is 0 Å². The molecule has 2 aliphatic carbocycles. The highest BCUT2D eigenvalue weighted by Gasteiger charge is 2.70. The number of fused-ring (bicyclic) bond motifs is 2. The van der Waals surface area contributed by atoms with Gasteiger partial charge in [0.05, 0.1) is 0 Å². The maximum absolute atomic E-state index is 11.0. The summed E-state index contributed by atoms with van der Waals surface area (Å²) >= 11 is 6.41. The summed E-state index contributed by atoms with van der Waals surface area (Å²) in [6.07, 6.45) is 3.32. The van der Waals surface area contributed by atoms with Gasteiger partial charge in [0.1, 0.15) is 0 Å². The zero-order chi connectivity index (χ0) is 9.91. The monoisotopic (exact) mass is 201 g/mol. The number of alkyl halides is 1. The van der Waals surface area contributed by atoms with Crippen LogP contribution in [0.4, 0.5) is 0 Å². The lowest BCUT2D eigenvalue weighted by molar-refractivity contribution is 0.108. The van der Waals surface area contributed by atoms with Crippen molar-refractivity contribution in [2.75, 3.05) is 0 Å². The van der Waals surface area contributed by atoms with Crippen molar-refractivity contribution >= 4 is 11.6 Å². The minimum atomic E-state index is -0.872. The van der Waals surface area contributed by atoms with Crippen LogP contribution in [0.15, 0.2) is 5.18 Å². The van der Waals surface area contributed by atoms with E-state index < -0.39 is 5.00 Å². The van der Waals surface area contributed by atoms with Crippen molar-refractivity contribution in [1.82, 2.24) is 0 Å². The molecule has 0 aromatic rings. The second-order valence-electron chi connectivity index (χ2n) is 5.44. The molecule has 3 atom stereocenters. The molecule has 2 nitrogen and oxygen atoms in total. The molecule has 0 aromatic heterocycles. The van der Waals surface area contributed by atoms with Crippen molar-refractivity contribution < 1.29 is 0 Å². The van der Waals surface area contributed by atoms with Crippen molar-refractivity contribution in [3.05, 3.63) is 4.91 Å².